The van der Waals surface area contributed by atoms with Gasteiger partial charge in [0.15, 0.2) is 0 Å². The van der Waals surface area contributed by atoms with Crippen molar-refractivity contribution in [1.82, 2.24) is 5.43 Å². The Morgan fingerprint density at radius 3 is 2.43 bits per heavy atom. The maximum absolute atomic E-state index is 12.4. The van der Waals surface area contributed by atoms with Crippen LogP contribution in [0.25, 0.3) is 0 Å². The molecule has 0 fully saturated rings. The molecule has 0 heterocycles. The molecule has 1 atom stereocenters. The molecule has 2 N–H and O–H groups in total. The van der Waals surface area contributed by atoms with Crippen molar-refractivity contribution in [2.45, 2.75) is 58.6 Å². The van der Waals surface area contributed by atoms with E-state index in [1.54, 1.807) is 30.3 Å². The van der Waals surface area contributed by atoms with Crippen LogP contribution in [-0.4, -0.2) is 19.8 Å². The minimum atomic E-state index is -3.66. The summed E-state index contributed by atoms with van der Waals surface area (Å²) < 4.78 is 26.0. The molecular weight excluding hydrogens is 402 g/mol. The molecule has 8 heteroatoms. The smallest absolute Gasteiger partial charge is 0.245 e. The van der Waals surface area contributed by atoms with E-state index in [0.717, 1.165) is 41.9 Å². The third-order valence-corrected chi connectivity index (χ3v) is 5.88. The zero-order valence-corrected chi connectivity index (χ0v) is 18.7. The second kappa shape index (κ2) is 11.2. The Bertz CT molecular complexity index is 947. The van der Waals surface area contributed by atoms with Gasteiger partial charge in [-0.2, -0.15) is 0 Å². The number of hydrazine groups is 1. The number of nitroso groups, excluding NO2 is 1. The molecule has 2 rings (SSSR count). The van der Waals surface area contributed by atoms with E-state index in [9.17, 15) is 18.4 Å². The van der Waals surface area contributed by atoms with E-state index < -0.39 is 16.1 Å². The summed E-state index contributed by atoms with van der Waals surface area (Å²) in [5, 5.41) is 13.6. The Balaban J connectivity index is 2.29. The number of nitrogens with zero attached hydrogens (tertiary/aromatic N) is 2. The van der Waals surface area contributed by atoms with Crippen LogP contribution in [0.15, 0.2) is 47.6 Å². The summed E-state index contributed by atoms with van der Waals surface area (Å²) in [5.74, 6) is 0. The highest BCUT2D eigenvalue weighted by Gasteiger charge is 2.20. The number of aliphatic hydroxyl groups is 1. The number of anilines is 1. The fraction of sp³-hybridized carbons (Fsp3) is 0.455. The van der Waals surface area contributed by atoms with Gasteiger partial charge in [0.25, 0.3) is 0 Å². The van der Waals surface area contributed by atoms with Gasteiger partial charge in [0.2, 0.25) is 10.0 Å². The van der Waals surface area contributed by atoms with Crippen LogP contribution in [0.4, 0.5) is 11.4 Å². The Kier molecular flexibility index (Phi) is 8.95. The predicted octanol–water partition coefficient (Wildman–Crippen LogP) is 4.73. The lowest BCUT2D eigenvalue weighted by Crippen LogP contribution is -2.42. The first-order chi connectivity index (χ1) is 14.3. The lowest BCUT2D eigenvalue weighted by Gasteiger charge is -2.24. The molecule has 164 valence electrons. The Labute approximate surface area is 179 Å². The second-order valence-electron chi connectivity index (χ2n) is 7.38. The quantitative estimate of drug-likeness (QED) is 0.372. The molecule has 7 nitrogen and oxygen atoms in total. The SMILES string of the molecule is CCCCC(O)c1cccc(N(NCc2cccc(CCC)c2N=O)S(C)(=O)=O)c1. The summed E-state index contributed by atoms with van der Waals surface area (Å²) in [7, 11) is -3.66. The zero-order valence-electron chi connectivity index (χ0n) is 17.8. The lowest BCUT2D eigenvalue weighted by atomic mass is 10.0. The largest absolute Gasteiger partial charge is 0.388 e. The van der Waals surface area contributed by atoms with E-state index in [1.807, 2.05) is 19.1 Å². The first-order valence-corrected chi connectivity index (χ1v) is 12.1. The summed E-state index contributed by atoms with van der Waals surface area (Å²) in [6.45, 7) is 4.19. The number of aryl methyl sites for hydroxylation is 1. The maximum atomic E-state index is 12.4. The van der Waals surface area contributed by atoms with Gasteiger partial charge in [0.1, 0.15) is 5.69 Å². The van der Waals surface area contributed by atoms with E-state index in [1.165, 1.54) is 0 Å². The predicted molar refractivity (Wildman–Crippen MR) is 121 cm³/mol. The van der Waals surface area contributed by atoms with E-state index in [2.05, 4.69) is 17.5 Å². The lowest BCUT2D eigenvalue weighted by molar-refractivity contribution is 0.164. The molecule has 0 aliphatic heterocycles. The Morgan fingerprint density at radius 2 is 1.80 bits per heavy atom. The van der Waals surface area contributed by atoms with Gasteiger partial charge in [-0.05, 0) is 46.8 Å². The van der Waals surface area contributed by atoms with Crippen molar-refractivity contribution >= 4 is 21.4 Å². The van der Waals surface area contributed by atoms with Crippen LogP contribution in [0.1, 0.15) is 62.3 Å². The van der Waals surface area contributed by atoms with Crippen LogP contribution < -0.4 is 9.84 Å². The minimum absolute atomic E-state index is 0.119. The average molecular weight is 434 g/mol. The van der Waals surface area contributed by atoms with Crippen LogP contribution in [0, 0.1) is 4.91 Å². The van der Waals surface area contributed by atoms with Crippen LogP contribution in [0.5, 0.6) is 0 Å². The van der Waals surface area contributed by atoms with Crippen LogP contribution >= 0.6 is 0 Å². The third kappa shape index (κ3) is 6.35. The first kappa shape index (κ1) is 24.0. The number of unbranched alkanes of at least 4 members (excludes halogenated alkanes) is 1. The van der Waals surface area contributed by atoms with Gasteiger partial charge >= 0.3 is 0 Å². The number of aliphatic hydroxyl groups excluding tert-OH is 1. The molecule has 0 amide bonds. The highest BCUT2D eigenvalue weighted by atomic mass is 32.2. The summed E-state index contributed by atoms with van der Waals surface area (Å²) in [5.41, 5.74) is 5.80. The van der Waals surface area contributed by atoms with Crippen molar-refractivity contribution in [3.63, 3.8) is 0 Å². The maximum Gasteiger partial charge on any atom is 0.245 e. The number of hydrogen-bond acceptors (Lipinski definition) is 6. The van der Waals surface area contributed by atoms with E-state index in [0.29, 0.717) is 28.9 Å². The van der Waals surface area contributed by atoms with Crippen molar-refractivity contribution in [1.29, 1.82) is 0 Å². The fourth-order valence-electron chi connectivity index (χ4n) is 3.36. The van der Waals surface area contributed by atoms with Gasteiger partial charge in [-0.3, -0.25) is 0 Å². The molecule has 0 radical (unpaired) electrons. The average Bonchev–Trinajstić information content (AvgIpc) is 2.71. The van der Waals surface area contributed by atoms with Crippen molar-refractivity contribution in [3.05, 3.63) is 64.1 Å². The molecular formula is C22H31N3O4S. The molecule has 2 aromatic carbocycles. The molecule has 0 saturated carbocycles. The molecule has 0 bridgehead atoms. The minimum Gasteiger partial charge on any atom is -0.388 e. The van der Waals surface area contributed by atoms with Gasteiger partial charge in [-0.1, -0.05) is 63.4 Å². The molecule has 0 saturated heterocycles. The van der Waals surface area contributed by atoms with Gasteiger partial charge in [0.05, 0.1) is 18.0 Å². The molecule has 0 aromatic heterocycles. The molecule has 0 spiro atoms. The van der Waals surface area contributed by atoms with Crippen LogP contribution in [-0.2, 0) is 23.0 Å². The fourth-order valence-corrected chi connectivity index (χ4v) is 4.15. The molecule has 0 aliphatic carbocycles. The topological polar surface area (TPSA) is 99.1 Å². The standard InChI is InChI=1S/C22H31N3O4S/c1-4-6-14-21(26)18-11-8-13-20(15-18)25(30(3,28)29)23-16-19-12-7-10-17(9-5-2)22(19)24-27/h7-8,10-13,15,21,23,26H,4-6,9,14,16H2,1-3H3. The second-order valence-corrected chi connectivity index (χ2v) is 9.21. The van der Waals surface area contributed by atoms with Crippen molar-refractivity contribution in [3.8, 4) is 0 Å². The van der Waals surface area contributed by atoms with Crippen molar-refractivity contribution in [2.75, 3.05) is 10.7 Å². The van der Waals surface area contributed by atoms with E-state index >= 15 is 0 Å². The van der Waals surface area contributed by atoms with Crippen molar-refractivity contribution < 1.29 is 13.5 Å². The molecule has 1 unspecified atom stereocenters. The number of benzene rings is 2. The van der Waals surface area contributed by atoms with Crippen LogP contribution in [0.2, 0.25) is 0 Å². The highest BCUT2D eigenvalue weighted by Crippen LogP contribution is 2.27. The number of rotatable bonds is 12. The Morgan fingerprint density at radius 1 is 1.10 bits per heavy atom. The molecule has 0 aliphatic rings. The summed E-state index contributed by atoms with van der Waals surface area (Å²) >= 11 is 0. The van der Waals surface area contributed by atoms with Gasteiger partial charge in [-0.25, -0.2) is 18.3 Å². The van der Waals surface area contributed by atoms with Gasteiger partial charge < -0.3 is 5.11 Å². The third-order valence-electron chi connectivity index (χ3n) is 4.88. The van der Waals surface area contributed by atoms with Crippen molar-refractivity contribution in [2.24, 2.45) is 5.18 Å². The van der Waals surface area contributed by atoms with E-state index in [4.69, 9.17) is 0 Å². The molecule has 30 heavy (non-hydrogen) atoms. The van der Waals surface area contributed by atoms with Gasteiger partial charge in [-0.15, -0.1) is 4.91 Å². The Hall–Kier alpha value is -2.29. The zero-order chi connectivity index (χ0) is 22.1. The monoisotopic (exact) mass is 433 g/mol. The van der Waals surface area contributed by atoms with E-state index in [-0.39, 0.29) is 6.54 Å². The van der Waals surface area contributed by atoms with Gasteiger partial charge in [0, 0.05) is 6.54 Å². The number of sulfonamides is 1. The normalized spacial score (nSPS) is 12.5. The highest BCUT2D eigenvalue weighted by molar-refractivity contribution is 7.92. The number of nitrogens with one attached hydrogen (secondary N) is 1. The summed E-state index contributed by atoms with van der Waals surface area (Å²) in [6.07, 6.45) is 4.53. The first-order valence-electron chi connectivity index (χ1n) is 10.3. The summed E-state index contributed by atoms with van der Waals surface area (Å²) in [4.78, 5) is 11.4. The molecule has 2 aromatic rings. The summed E-state index contributed by atoms with van der Waals surface area (Å²) in [6, 6.07) is 12.3. The number of hydrogen-bond donors (Lipinski definition) is 2. The van der Waals surface area contributed by atoms with Crippen LogP contribution in [0.3, 0.4) is 0 Å².